The van der Waals surface area contributed by atoms with Crippen LogP contribution in [-0.4, -0.2) is 10.9 Å². The lowest BCUT2D eigenvalue weighted by Crippen LogP contribution is -2.07. The van der Waals surface area contributed by atoms with E-state index in [0.717, 1.165) is 21.8 Å². The fraction of sp³-hybridized carbons (Fsp3) is 0.0500. The number of hydrogen-bond acceptors (Lipinski definition) is 4. The SMILES string of the molecule is Cc1nc(-c2ccc(NC(=O)/C=C/c3ccccc3C#N)cc2)cs1. The number of aryl methyl sites for hydroxylation is 1. The highest BCUT2D eigenvalue weighted by atomic mass is 32.1. The van der Waals surface area contributed by atoms with E-state index < -0.39 is 0 Å². The number of aromatic nitrogens is 1. The summed E-state index contributed by atoms with van der Waals surface area (Å²) in [5.74, 6) is -0.245. The summed E-state index contributed by atoms with van der Waals surface area (Å²) in [4.78, 5) is 16.5. The molecular weight excluding hydrogens is 330 g/mol. The van der Waals surface area contributed by atoms with Gasteiger partial charge in [-0.2, -0.15) is 5.26 Å². The van der Waals surface area contributed by atoms with E-state index in [1.165, 1.54) is 6.08 Å². The van der Waals surface area contributed by atoms with Gasteiger partial charge in [0.1, 0.15) is 0 Å². The second-order valence-electron chi connectivity index (χ2n) is 5.35. The Bertz CT molecular complexity index is 965. The van der Waals surface area contributed by atoms with Crippen molar-refractivity contribution < 1.29 is 4.79 Å². The van der Waals surface area contributed by atoms with E-state index in [4.69, 9.17) is 5.26 Å². The van der Waals surface area contributed by atoms with Gasteiger partial charge in [-0.1, -0.05) is 30.3 Å². The van der Waals surface area contributed by atoms with Gasteiger partial charge in [0.05, 0.1) is 22.3 Å². The van der Waals surface area contributed by atoms with Crippen LogP contribution in [0.15, 0.2) is 60.0 Å². The highest BCUT2D eigenvalue weighted by molar-refractivity contribution is 7.09. The number of nitrogens with zero attached hydrogens (tertiary/aromatic N) is 2. The molecule has 1 N–H and O–H groups in total. The number of benzene rings is 2. The first-order chi connectivity index (χ1) is 12.2. The van der Waals surface area contributed by atoms with Crippen molar-refractivity contribution in [3.8, 4) is 17.3 Å². The third kappa shape index (κ3) is 4.19. The smallest absolute Gasteiger partial charge is 0.248 e. The van der Waals surface area contributed by atoms with E-state index in [2.05, 4.69) is 16.4 Å². The molecule has 3 rings (SSSR count). The summed E-state index contributed by atoms with van der Waals surface area (Å²) < 4.78 is 0. The van der Waals surface area contributed by atoms with Crippen molar-refractivity contribution in [1.29, 1.82) is 5.26 Å². The molecule has 0 bridgehead atoms. The average Bonchev–Trinajstić information content (AvgIpc) is 3.07. The van der Waals surface area contributed by atoms with Gasteiger partial charge in [0.15, 0.2) is 0 Å². The zero-order chi connectivity index (χ0) is 17.6. The van der Waals surface area contributed by atoms with Crippen molar-refractivity contribution in [2.75, 3.05) is 5.32 Å². The Morgan fingerprint density at radius 1 is 1.20 bits per heavy atom. The summed E-state index contributed by atoms with van der Waals surface area (Å²) in [6, 6.07) is 16.8. The van der Waals surface area contributed by atoms with Crippen molar-refractivity contribution in [2.45, 2.75) is 6.92 Å². The maximum Gasteiger partial charge on any atom is 0.248 e. The maximum atomic E-state index is 12.1. The van der Waals surface area contributed by atoms with E-state index in [0.29, 0.717) is 11.3 Å². The number of thiazole rings is 1. The molecule has 5 heteroatoms. The van der Waals surface area contributed by atoms with Gasteiger partial charge in [-0.05, 0) is 36.8 Å². The number of carbonyl (C=O) groups excluding carboxylic acids is 1. The average molecular weight is 345 g/mol. The molecule has 0 spiro atoms. The predicted octanol–water partition coefficient (Wildman–Crippen LogP) is 4.64. The van der Waals surface area contributed by atoms with Crippen molar-refractivity contribution in [1.82, 2.24) is 4.98 Å². The van der Waals surface area contributed by atoms with Gasteiger partial charge in [0.2, 0.25) is 5.91 Å². The molecule has 1 amide bonds. The molecule has 0 fully saturated rings. The van der Waals surface area contributed by atoms with E-state index in [1.54, 1.807) is 35.6 Å². The van der Waals surface area contributed by atoms with E-state index in [-0.39, 0.29) is 5.91 Å². The van der Waals surface area contributed by atoms with Gasteiger partial charge in [0.25, 0.3) is 0 Å². The van der Waals surface area contributed by atoms with Crippen molar-refractivity contribution in [3.63, 3.8) is 0 Å². The molecule has 0 unspecified atom stereocenters. The van der Waals surface area contributed by atoms with Gasteiger partial charge in [-0.3, -0.25) is 4.79 Å². The second kappa shape index (κ2) is 7.56. The summed E-state index contributed by atoms with van der Waals surface area (Å²) in [6.45, 7) is 1.97. The summed E-state index contributed by atoms with van der Waals surface area (Å²) >= 11 is 1.61. The Morgan fingerprint density at radius 2 is 1.96 bits per heavy atom. The first-order valence-corrected chi connectivity index (χ1v) is 8.54. The molecule has 122 valence electrons. The summed E-state index contributed by atoms with van der Waals surface area (Å²) in [6.07, 6.45) is 3.06. The van der Waals surface area contributed by atoms with E-state index >= 15 is 0 Å². The molecule has 0 aliphatic heterocycles. The van der Waals surface area contributed by atoms with Crippen LogP contribution in [0.4, 0.5) is 5.69 Å². The fourth-order valence-electron chi connectivity index (χ4n) is 2.31. The molecule has 1 heterocycles. The van der Waals surface area contributed by atoms with Crippen LogP contribution in [0.25, 0.3) is 17.3 Å². The molecule has 0 aliphatic carbocycles. The molecule has 1 aromatic heterocycles. The van der Waals surface area contributed by atoms with Gasteiger partial charge in [-0.25, -0.2) is 4.98 Å². The fourth-order valence-corrected chi connectivity index (χ4v) is 2.94. The van der Waals surface area contributed by atoms with Crippen LogP contribution in [0.1, 0.15) is 16.1 Å². The Morgan fingerprint density at radius 3 is 2.64 bits per heavy atom. The van der Waals surface area contributed by atoms with Crippen LogP contribution in [0.5, 0.6) is 0 Å². The minimum atomic E-state index is -0.245. The van der Waals surface area contributed by atoms with E-state index in [1.807, 2.05) is 42.6 Å². The van der Waals surface area contributed by atoms with Gasteiger partial charge >= 0.3 is 0 Å². The van der Waals surface area contributed by atoms with Crippen molar-refractivity contribution in [3.05, 3.63) is 76.1 Å². The number of rotatable bonds is 4. The Kier molecular flexibility index (Phi) is 5.03. The van der Waals surface area contributed by atoms with Crippen LogP contribution in [0, 0.1) is 18.3 Å². The van der Waals surface area contributed by atoms with Crippen molar-refractivity contribution >= 4 is 29.0 Å². The molecule has 4 nitrogen and oxygen atoms in total. The zero-order valence-electron chi connectivity index (χ0n) is 13.6. The minimum Gasteiger partial charge on any atom is -0.323 e. The number of anilines is 1. The quantitative estimate of drug-likeness (QED) is 0.700. The molecular formula is C20H15N3OS. The molecule has 0 saturated heterocycles. The van der Waals surface area contributed by atoms with Gasteiger partial charge in [-0.15, -0.1) is 11.3 Å². The first kappa shape index (κ1) is 16.6. The normalized spacial score (nSPS) is 10.6. The van der Waals surface area contributed by atoms with Crippen LogP contribution >= 0.6 is 11.3 Å². The molecule has 3 aromatic rings. The predicted molar refractivity (Wildman–Crippen MR) is 101 cm³/mol. The summed E-state index contributed by atoms with van der Waals surface area (Å²) in [7, 11) is 0. The van der Waals surface area contributed by atoms with Crippen molar-refractivity contribution in [2.24, 2.45) is 0 Å². The standard InChI is InChI=1S/C20H15N3OS/c1-14-22-19(13-25-14)16-6-9-18(10-7-16)23-20(24)11-8-15-4-2-3-5-17(15)12-21/h2-11,13H,1H3,(H,23,24)/b11-8+. The maximum absolute atomic E-state index is 12.1. The minimum absolute atomic E-state index is 0.245. The van der Waals surface area contributed by atoms with Gasteiger partial charge < -0.3 is 5.32 Å². The highest BCUT2D eigenvalue weighted by Gasteiger charge is 2.03. The third-order valence-electron chi connectivity index (χ3n) is 3.56. The van der Waals surface area contributed by atoms with Crippen LogP contribution < -0.4 is 5.32 Å². The lowest BCUT2D eigenvalue weighted by atomic mass is 10.1. The number of hydrogen-bond donors (Lipinski definition) is 1. The first-order valence-electron chi connectivity index (χ1n) is 7.66. The number of carbonyl (C=O) groups is 1. The zero-order valence-corrected chi connectivity index (χ0v) is 14.4. The lowest BCUT2D eigenvalue weighted by Gasteiger charge is -2.03. The highest BCUT2D eigenvalue weighted by Crippen LogP contribution is 2.23. The molecule has 0 radical (unpaired) electrons. The number of amides is 1. The summed E-state index contributed by atoms with van der Waals surface area (Å²) in [5, 5.41) is 14.9. The number of nitriles is 1. The number of nitrogens with one attached hydrogen (secondary N) is 1. The Hall–Kier alpha value is -3.23. The largest absolute Gasteiger partial charge is 0.323 e. The molecule has 0 aliphatic rings. The van der Waals surface area contributed by atoms with Crippen LogP contribution in [-0.2, 0) is 4.79 Å². The van der Waals surface area contributed by atoms with E-state index in [9.17, 15) is 4.79 Å². The molecule has 25 heavy (non-hydrogen) atoms. The molecule has 0 saturated carbocycles. The van der Waals surface area contributed by atoms with Crippen LogP contribution in [0.3, 0.4) is 0 Å². The third-order valence-corrected chi connectivity index (χ3v) is 4.34. The van der Waals surface area contributed by atoms with Gasteiger partial charge in [0, 0.05) is 22.7 Å². The summed E-state index contributed by atoms with van der Waals surface area (Å²) in [5.41, 5.74) is 3.91. The molecule has 0 atom stereocenters. The topological polar surface area (TPSA) is 65.8 Å². The monoisotopic (exact) mass is 345 g/mol. The second-order valence-corrected chi connectivity index (χ2v) is 6.41. The molecule has 2 aromatic carbocycles. The Labute approximate surface area is 150 Å². The van der Waals surface area contributed by atoms with Crippen LogP contribution in [0.2, 0.25) is 0 Å². The Balaban J connectivity index is 1.67. The lowest BCUT2D eigenvalue weighted by molar-refractivity contribution is -0.111.